The average molecular weight is 305 g/mol. The van der Waals surface area contributed by atoms with Crippen LogP contribution in [0.1, 0.15) is 12.8 Å². The third kappa shape index (κ3) is 4.84. The van der Waals surface area contributed by atoms with Crippen LogP contribution in [0.4, 0.5) is 0 Å². The summed E-state index contributed by atoms with van der Waals surface area (Å²) in [5, 5.41) is 3.94. The number of nitrogens with one attached hydrogen (secondary N) is 1. The Bertz CT molecular complexity index is 376. The molecule has 0 aliphatic carbocycles. The van der Waals surface area contributed by atoms with Crippen LogP contribution in [-0.4, -0.2) is 44.2 Å². The van der Waals surface area contributed by atoms with Crippen LogP contribution in [0, 0.1) is 0 Å². The highest BCUT2D eigenvalue weighted by Crippen LogP contribution is 2.23. The van der Waals surface area contributed by atoms with Crippen molar-refractivity contribution in [3.05, 3.63) is 29.3 Å². The largest absolute Gasteiger partial charge is 0.491 e. The number of para-hydroxylation sites is 1. The molecular weight excluding hydrogens is 283 g/mol. The molecule has 3 nitrogen and oxygen atoms in total. The highest BCUT2D eigenvalue weighted by molar-refractivity contribution is 6.32. The minimum atomic E-state index is 0. The Labute approximate surface area is 126 Å². The number of ether oxygens (including phenoxy) is 1. The quantitative estimate of drug-likeness (QED) is 0.874. The van der Waals surface area contributed by atoms with Crippen LogP contribution in [0.5, 0.6) is 5.75 Å². The smallest absolute Gasteiger partial charge is 0.137 e. The van der Waals surface area contributed by atoms with E-state index < -0.39 is 0 Å². The van der Waals surface area contributed by atoms with E-state index in [1.54, 1.807) is 0 Å². The number of likely N-dealkylation sites (tertiary alicyclic amines) is 1. The summed E-state index contributed by atoms with van der Waals surface area (Å²) >= 11 is 6.05. The molecule has 1 fully saturated rings. The zero-order valence-corrected chi connectivity index (χ0v) is 12.8. The van der Waals surface area contributed by atoms with Crippen molar-refractivity contribution < 1.29 is 4.74 Å². The molecule has 1 N–H and O–H groups in total. The van der Waals surface area contributed by atoms with Crippen LogP contribution in [0.25, 0.3) is 0 Å². The van der Waals surface area contributed by atoms with Crippen molar-refractivity contribution in [2.24, 2.45) is 0 Å². The van der Waals surface area contributed by atoms with Gasteiger partial charge in [-0.05, 0) is 38.6 Å². The van der Waals surface area contributed by atoms with Gasteiger partial charge in [0.05, 0.1) is 5.02 Å². The van der Waals surface area contributed by atoms with Gasteiger partial charge in [0.1, 0.15) is 12.4 Å². The van der Waals surface area contributed by atoms with Crippen molar-refractivity contribution in [3.63, 3.8) is 0 Å². The van der Waals surface area contributed by atoms with E-state index in [2.05, 4.69) is 10.2 Å². The van der Waals surface area contributed by atoms with E-state index in [0.717, 1.165) is 18.8 Å². The summed E-state index contributed by atoms with van der Waals surface area (Å²) in [6, 6.07) is 8.29. The molecule has 1 heterocycles. The minimum Gasteiger partial charge on any atom is -0.491 e. The SMILES string of the molecule is CNCC1CCCN1CCOc1ccccc1Cl.Cl. The summed E-state index contributed by atoms with van der Waals surface area (Å²) < 4.78 is 5.73. The van der Waals surface area contributed by atoms with Crippen LogP contribution in [0.3, 0.4) is 0 Å². The molecular formula is C14H22Cl2N2O. The number of likely N-dealkylation sites (N-methyl/N-ethyl adjacent to an activating group) is 1. The molecule has 1 aliphatic rings. The maximum absolute atomic E-state index is 6.05. The van der Waals surface area contributed by atoms with E-state index in [-0.39, 0.29) is 12.4 Å². The topological polar surface area (TPSA) is 24.5 Å². The standard InChI is InChI=1S/C14H21ClN2O.ClH/c1-16-11-12-5-4-8-17(12)9-10-18-14-7-3-2-6-13(14)15;/h2-3,6-7,12,16H,4-5,8-11H2,1H3;1H. The normalized spacial score (nSPS) is 19.2. The molecule has 0 radical (unpaired) electrons. The molecule has 1 aromatic carbocycles. The fraction of sp³-hybridized carbons (Fsp3) is 0.571. The monoisotopic (exact) mass is 304 g/mol. The molecule has 1 aliphatic heterocycles. The lowest BCUT2D eigenvalue weighted by atomic mass is 10.2. The van der Waals surface area contributed by atoms with Crippen LogP contribution in [0.15, 0.2) is 24.3 Å². The van der Waals surface area contributed by atoms with Crippen molar-refractivity contribution in [1.82, 2.24) is 10.2 Å². The van der Waals surface area contributed by atoms with Gasteiger partial charge in [0.25, 0.3) is 0 Å². The molecule has 1 saturated heterocycles. The summed E-state index contributed by atoms with van der Waals surface area (Å²) in [6.07, 6.45) is 2.57. The van der Waals surface area contributed by atoms with Gasteiger partial charge in [-0.3, -0.25) is 4.90 Å². The Balaban J connectivity index is 0.00000180. The first kappa shape index (κ1) is 16.6. The average Bonchev–Trinajstić information content (AvgIpc) is 2.80. The van der Waals surface area contributed by atoms with E-state index in [4.69, 9.17) is 16.3 Å². The first-order valence-corrected chi connectivity index (χ1v) is 6.95. The Kier molecular flexibility index (Phi) is 7.54. The summed E-state index contributed by atoms with van der Waals surface area (Å²) in [7, 11) is 2.01. The first-order chi connectivity index (χ1) is 8.81. The predicted octanol–water partition coefficient (Wildman–Crippen LogP) is 2.82. The summed E-state index contributed by atoms with van der Waals surface area (Å²) in [5.74, 6) is 0.781. The summed E-state index contributed by atoms with van der Waals surface area (Å²) in [5.41, 5.74) is 0. The van der Waals surface area contributed by atoms with Crippen molar-refractivity contribution in [2.75, 3.05) is 33.3 Å². The lowest BCUT2D eigenvalue weighted by molar-refractivity contribution is 0.195. The highest BCUT2D eigenvalue weighted by atomic mass is 35.5. The highest BCUT2D eigenvalue weighted by Gasteiger charge is 2.23. The van der Waals surface area contributed by atoms with Crippen LogP contribution < -0.4 is 10.1 Å². The summed E-state index contributed by atoms with van der Waals surface area (Å²) in [6.45, 7) is 3.91. The van der Waals surface area contributed by atoms with Crippen molar-refractivity contribution >= 4 is 24.0 Å². The third-order valence-electron chi connectivity index (χ3n) is 3.41. The van der Waals surface area contributed by atoms with E-state index in [1.165, 1.54) is 19.4 Å². The molecule has 5 heteroatoms. The van der Waals surface area contributed by atoms with Gasteiger partial charge in [-0.1, -0.05) is 23.7 Å². The number of hydrogen-bond donors (Lipinski definition) is 1. The molecule has 0 aromatic heterocycles. The van der Waals surface area contributed by atoms with Crippen molar-refractivity contribution in [2.45, 2.75) is 18.9 Å². The fourth-order valence-electron chi connectivity index (χ4n) is 2.49. The third-order valence-corrected chi connectivity index (χ3v) is 3.72. The number of hydrogen-bond acceptors (Lipinski definition) is 3. The van der Waals surface area contributed by atoms with Crippen molar-refractivity contribution in [3.8, 4) is 5.75 Å². The second-order valence-electron chi connectivity index (χ2n) is 4.67. The van der Waals surface area contributed by atoms with E-state index in [1.807, 2.05) is 31.3 Å². The van der Waals surface area contributed by atoms with E-state index >= 15 is 0 Å². The summed E-state index contributed by atoms with van der Waals surface area (Å²) in [4.78, 5) is 2.49. The van der Waals surface area contributed by atoms with Crippen LogP contribution in [-0.2, 0) is 0 Å². The lowest BCUT2D eigenvalue weighted by Crippen LogP contribution is -2.39. The van der Waals surface area contributed by atoms with Crippen LogP contribution in [0.2, 0.25) is 5.02 Å². The Morgan fingerprint density at radius 2 is 2.21 bits per heavy atom. The van der Waals surface area contributed by atoms with Gasteiger partial charge >= 0.3 is 0 Å². The molecule has 0 spiro atoms. The van der Waals surface area contributed by atoms with E-state index in [0.29, 0.717) is 17.7 Å². The maximum atomic E-state index is 6.05. The predicted molar refractivity (Wildman–Crippen MR) is 82.7 cm³/mol. The molecule has 1 aromatic rings. The second kappa shape index (κ2) is 8.64. The van der Waals surface area contributed by atoms with Crippen LogP contribution >= 0.6 is 24.0 Å². The lowest BCUT2D eigenvalue weighted by Gasteiger charge is -2.24. The Morgan fingerprint density at radius 1 is 1.42 bits per heavy atom. The number of benzene rings is 1. The molecule has 0 saturated carbocycles. The molecule has 2 rings (SSSR count). The number of rotatable bonds is 6. The molecule has 108 valence electrons. The van der Waals surface area contributed by atoms with Gasteiger partial charge in [0.15, 0.2) is 0 Å². The van der Waals surface area contributed by atoms with Gasteiger partial charge in [0.2, 0.25) is 0 Å². The molecule has 1 unspecified atom stereocenters. The van der Waals surface area contributed by atoms with Gasteiger partial charge in [-0.25, -0.2) is 0 Å². The second-order valence-corrected chi connectivity index (χ2v) is 5.08. The van der Waals surface area contributed by atoms with Gasteiger partial charge in [-0.15, -0.1) is 12.4 Å². The molecule has 1 atom stereocenters. The first-order valence-electron chi connectivity index (χ1n) is 6.57. The zero-order valence-electron chi connectivity index (χ0n) is 11.3. The van der Waals surface area contributed by atoms with Gasteiger partial charge in [-0.2, -0.15) is 0 Å². The molecule has 19 heavy (non-hydrogen) atoms. The number of halogens is 2. The zero-order chi connectivity index (χ0) is 12.8. The maximum Gasteiger partial charge on any atom is 0.137 e. The Hall–Kier alpha value is -0.480. The Morgan fingerprint density at radius 3 is 2.95 bits per heavy atom. The minimum absolute atomic E-state index is 0. The van der Waals surface area contributed by atoms with Gasteiger partial charge in [0, 0.05) is 19.1 Å². The van der Waals surface area contributed by atoms with Gasteiger partial charge < -0.3 is 10.1 Å². The number of nitrogens with zero attached hydrogens (tertiary/aromatic N) is 1. The van der Waals surface area contributed by atoms with E-state index in [9.17, 15) is 0 Å². The van der Waals surface area contributed by atoms with Crippen molar-refractivity contribution in [1.29, 1.82) is 0 Å². The molecule has 0 bridgehead atoms. The fourth-order valence-corrected chi connectivity index (χ4v) is 2.68. The molecule has 0 amide bonds.